The van der Waals surface area contributed by atoms with Gasteiger partial charge in [0.2, 0.25) is 17.7 Å². The van der Waals surface area contributed by atoms with Gasteiger partial charge in [0.15, 0.2) is 31.3 Å². The molecule has 6 aliphatic rings. The molecule has 0 radical (unpaired) electrons. The molecule has 3 amide bonds. The van der Waals surface area contributed by atoms with E-state index >= 15 is 0 Å². The lowest BCUT2D eigenvalue weighted by molar-refractivity contribution is -0.421. The molecule has 6 aliphatic heterocycles. The standard InChI is InChI=1S/C73H129N3O30/c1-5-7-9-11-13-15-17-19-20-22-24-26-28-30-32-34-52(87)76-44(45(84)33-31-29-27-25-23-21-18-16-14-12-10-8-6-2)41-96-69-61(94)59(92)62(50(39-80)99-69)101-71-67-66(106-73(72(95)104-67)35-46(85)53(74-42(3)82)65(105-73)55(88)47(86)36-77)63(51(40-81)100-71)102-68-54(75-43(4)83)64(57(90)49(38-79)97-68)103-70-60(93)58(91)56(89)48(37-78)98-70/h31,33,44-51,53-71,77-81,84-86,88-94H,5-30,32,34-41H2,1-4H3,(H,74,82)(H,75,83)(H,76,87)/b33-31+/t44?,45?,46-,47?,48-,49-,50-,51-,53+,54-,55?,56+,57+,58+,59-,60-,61-,62-,63+,64-,65+,66+,67-,68+,69-,70+,71+,73+/m1/s1. The summed E-state index contributed by atoms with van der Waals surface area (Å²) in [5, 5.41) is 174. The first kappa shape index (κ1) is 91.5. The van der Waals surface area contributed by atoms with Gasteiger partial charge >= 0.3 is 5.97 Å². The van der Waals surface area contributed by atoms with Crippen molar-refractivity contribution < 1.29 is 148 Å². The minimum absolute atomic E-state index is 0.157. The molecule has 6 saturated heterocycles. The van der Waals surface area contributed by atoms with E-state index in [0.717, 1.165) is 65.2 Å². The third-order valence-corrected chi connectivity index (χ3v) is 20.8. The van der Waals surface area contributed by atoms with Crippen LogP contribution in [0.25, 0.3) is 0 Å². The van der Waals surface area contributed by atoms with Crippen LogP contribution in [0.3, 0.4) is 0 Å². The van der Waals surface area contributed by atoms with Crippen molar-refractivity contribution >= 4 is 23.7 Å². The minimum atomic E-state index is -2.91. The molecule has 0 aromatic rings. The highest BCUT2D eigenvalue weighted by molar-refractivity contribution is 5.80. The van der Waals surface area contributed by atoms with Gasteiger partial charge in [-0.1, -0.05) is 180 Å². The molecule has 0 aromatic carbocycles. The van der Waals surface area contributed by atoms with Crippen molar-refractivity contribution in [2.45, 2.75) is 385 Å². The zero-order valence-corrected chi connectivity index (χ0v) is 62.3. The molecule has 6 fully saturated rings. The van der Waals surface area contributed by atoms with Crippen molar-refractivity contribution in [3.63, 3.8) is 0 Å². The summed E-state index contributed by atoms with van der Waals surface area (Å²) in [7, 11) is 0. The van der Waals surface area contributed by atoms with Gasteiger partial charge in [0.05, 0.1) is 63.9 Å². The Morgan fingerprint density at radius 2 is 0.972 bits per heavy atom. The predicted octanol–water partition coefficient (Wildman–Crippen LogP) is -0.562. The molecule has 1 spiro atoms. The first-order valence-corrected chi connectivity index (χ1v) is 39.0. The lowest BCUT2D eigenvalue weighted by Crippen LogP contribution is -2.75. The summed E-state index contributed by atoms with van der Waals surface area (Å²) in [5.74, 6) is -6.43. The fraction of sp³-hybridized carbons (Fsp3) is 0.918. The van der Waals surface area contributed by atoms with Gasteiger partial charge in [0.1, 0.15) is 110 Å². The predicted molar refractivity (Wildman–Crippen MR) is 375 cm³/mol. The van der Waals surface area contributed by atoms with Crippen LogP contribution in [0.2, 0.25) is 0 Å². The van der Waals surface area contributed by atoms with E-state index in [1.165, 1.54) is 109 Å². The van der Waals surface area contributed by atoms with Crippen LogP contribution in [-0.2, 0) is 71.3 Å². The fourth-order valence-electron chi connectivity index (χ4n) is 14.6. The van der Waals surface area contributed by atoms with Gasteiger partial charge < -0.3 is 145 Å². The molecular formula is C73H129N3O30. The van der Waals surface area contributed by atoms with Crippen molar-refractivity contribution in [2.75, 3.05) is 39.6 Å². The minimum Gasteiger partial charge on any atom is -0.450 e. The van der Waals surface area contributed by atoms with Crippen LogP contribution in [0.15, 0.2) is 12.2 Å². The van der Waals surface area contributed by atoms with Crippen LogP contribution in [0.4, 0.5) is 0 Å². The normalized spacial score (nSPS) is 35.3. The first-order valence-electron chi connectivity index (χ1n) is 39.0. The summed E-state index contributed by atoms with van der Waals surface area (Å²) in [5.41, 5.74) is 0. The smallest absolute Gasteiger partial charge is 0.367 e. The molecule has 33 heteroatoms. The van der Waals surface area contributed by atoms with E-state index in [1.54, 1.807) is 6.08 Å². The van der Waals surface area contributed by atoms with Crippen molar-refractivity contribution in [1.29, 1.82) is 0 Å². The number of carbonyl (C=O) groups is 4. The molecular weight excluding hydrogens is 1400 g/mol. The summed E-state index contributed by atoms with van der Waals surface area (Å²) in [6.07, 6.45) is -12.7. The summed E-state index contributed by atoms with van der Waals surface area (Å²) >= 11 is 0. The second kappa shape index (κ2) is 47.9. The van der Waals surface area contributed by atoms with Gasteiger partial charge in [-0.3, -0.25) is 14.4 Å². The zero-order chi connectivity index (χ0) is 77.5. The van der Waals surface area contributed by atoms with Crippen molar-refractivity contribution in [3.8, 4) is 0 Å². The number of unbranched alkanes of at least 4 members (excludes halogenated alkanes) is 25. The molecule has 0 aliphatic carbocycles. The van der Waals surface area contributed by atoms with E-state index in [4.69, 9.17) is 52.1 Å². The number of fused-ring (bicyclic) bond motifs is 1. The molecule has 0 saturated carbocycles. The molecule has 28 atom stereocenters. The number of hydrogen-bond donors (Lipinski definition) is 18. The Morgan fingerprint density at radius 3 is 1.51 bits per heavy atom. The Bertz CT molecular complexity index is 2520. The Morgan fingerprint density at radius 1 is 0.509 bits per heavy atom. The summed E-state index contributed by atoms with van der Waals surface area (Å²) in [6, 6.07) is -4.52. The number of rotatable bonds is 49. The molecule has 0 bridgehead atoms. The zero-order valence-electron chi connectivity index (χ0n) is 62.3. The highest BCUT2D eigenvalue weighted by Crippen LogP contribution is 2.45. The van der Waals surface area contributed by atoms with Crippen molar-refractivity contribution in [1.82, 2.24) is 16.0 Å². The first-order chi connectivity index (χ1) is 50.9. The van der Waals surface area contributed by atoms with E-state index < -0.39 is 235 Å². The summed E-state index contributed by atoms with van der Waals surface area (Å²) < 4.78 is 67.4. The number of ether oxygens (including phenoxy) is 11. The highest BCUT2D eigenvalue weighted by Gasteiger charge is 2.66. The lowest BCUT2D eigenvalue weighted by Gasteiger charge is -2.56. The lowest BCUT2D eigenvalue weighted by atomic mass is 9.87. The Kier molecular flexibility index (Phi) is 41.3. The molecule has 4 unspecified atom stereocenters. The Labute approximate surface area is 622 Å². The molecule has 33 nitrogen and oxygen atoms in total. The molecule has 0 aromatic heterocycles. The van der Waals surface area contributed by atoms with Gasteiger partial charge in [-0.05, 0) is 19.3 Å². The maximum atomic E-state index is 14.8. The Balaban J connectivity index is 1.21. The topological polar surface area (TPSA) is 509 Å². The second-order valence-electron chi connectivity index (χ2n) is 29.4. The third-order valence-electron chi connectivity index (χ3n) is 20.8. The monoisotopic (exact) mass is 1530 g/mol. The number of esters is 1. The maximum absolute atomic E-state index is 14.8. The SMILES string of the molecule is CCCCCCCCCCCCC/C=C/C(O)C(CO[C@@H]1O[C@H](CO)[C@@H](O[C@@H]2O[C@H](CO)[C@H](O[C@@H]3O[C@H](CO)[C@H](O)[C@H](O[C@@H]4O[C@H](CO)[C@H](O)[C@H](O)[C@H]4O)[C@H]3NC(C)=O)[C@@H]3O[C@@]4(C[C@@H](O)[C@H](NC(C)=O)[C@@H](C(O)C(O)CO)O4)C(=O)O[C@@H]23)[C@H](O)[C@H]1O)NC(=O)CCCCCCCCCCCCCCCCC. The van der Waals surface area contributed by atoms with Crippen LogP contribution >= 0.6 is 0 Å². The van der Waals surface area contributed by atoms with E-state index in [1.807, 2.05) is 6.08 Å². The number of carbonyl (C=O) groups excluding carboxylic acids is 4. The van der Waals surface area contributed by atoms with Crippen LogP contribution < -0.4 is 16.0 Å². The average Bonchev–Trinajstić information content (AvgIpc) is 0.724. The van der Waals surface area contributed by atoms with Gasteiger partial charge in [-0.25, -0.2) is 4.79 Å². The van der Waals surface area contributed by atoms with Crippen LogP contribution in [0, 0.1) is 0 Å². The number of allylic oxidation sites excluding steroid dienone is 1. The second-order valence-corrected chi connectivity index (χ2v) is 29.4. The molecule has 6 rings (SSSR count). The number of aliphatic hydroxyl groups is 15. The van der Waals surface area contributed by atoms with Crippen LogP contribution in [0.5, 0.6) is 0 Å². The number of hydrogen-bond acceptors (Lipinski definition) is 30. The average molecular weight is 1530 g/mol. The summed E-state index contributed by atoms with van der Waals surface area (Å²) in [4.78, 5) is 54.0. The molecule has 18 N–H and O–H groups in total. The van der Waals surface area contributed by atoms with E-state index in [2.05, 4.69) is 29.8 Å². The van der Waals surface area contributed by atoms with Crippen molar-refractivity contribution in [2.24, 2.45) is 0 Å². The van der Waals surface area contributed by atoms with E-state index in [9.17, 15) is 95.8 Å². The van der Waals surface area contributed by atoms with Gasteiger partial charge in [0, 0.05) is 26.7 Å². The fourth-order valence-corrected chi connectivity index (χ4v) is 14.6. The van der Waals surface area contributed by atoms with Crippen LogP contribution in [0.1, 0.15) is 214 Å². The van der Waals surface area contributed by atoms with Gasteiger partial charge in [-0.2, -0.15) is 0 Å². The molecule has 6 heterocycles. The highest BCUT2D eigenvalue weighted by atomic mass is 16.8. The van der Waals surface area contributed by atoms with Gasteiger partial charge in [0.25, 0.3) is 5.79 Å². The largest absolute Gasteiger partial charge is 0.450 e. The molecule has 106 heavy (non-hydrogen) atoms. The number of amides is 3. The summed E-state index contributed by atoms with van der Waals surface area (Å²) in [6.45, 7) is 0.876. The quantitative estimate of drug-likeness (QED) is 0.0206. The number of nitrogens with one attached hydrogen (secondary N) is 3. The third kappa shape index (κ3) is 26.9. The van der Waals surface area contributed by atoms with Crippen LogP contribution in [-0.4, -0.2) is 311 Å². The maximum Gasteiger partial charge on any atom is 0.367 e. The molecule has 616 valence electrons. The number of aliphatic hydroxyl groups excluding tert-OH is 15. The van der Waals surface area contributed by atoms with E-state index in [-0.39, 0.29) is 12.3 Å². The Hall–Kier alpha value is -3.38. The van der Waals surface area contributed by atoms with Crippen molar-refractivity contribution in [3.05, 3.63) is 12.2 Å². The van der Waals surface area contributed by atoms with E-state index in [0.29, 0.717) is 12.8 Å². The van der Waals surface area contributed by atoms with Gasteiger partial charge in [-0.15, -0.1) is 0 Å².